The normalized spacial score (nSPS) is 14.5. The predicted octanol–water partition coefficient (Wildman–Crippen LogP) is 6.16. The van der Waals surface area contributed by atoms with Crippen molar-refractivity contribution in [3.63, 3.8) is 0 Å². The number of carbonyl (C=O) groups excluding carboxylic acids is 1. The molecule has 0 bridgehead atoms. The predicted molar refractivity (Wildman–Crippen MR) is 144 cm³/mol. The number of ether oxygens (including phenoxy) is 4. The highest BCUT2D eigenvalue weighted by Crippen LogP contribution is 2.43. The van der Waals surface area contributed by atoms with Crippen molar-refractivity contribution in [2.45, 2.75) is 39.7 Å². The van der Waals surface area contributed by atoms with Gasteiger partial charge in [-0.25, -0.2) is 0 Å². The number of benzene rings is 2. The number of hydrogen-bond donors (Lipinski definition) is 2. The number of rotatable bonds is 10. The number of fused-ring (bicyclic) bond motifs is 1. The standard InChI is InChI=1S/C28H34N2O5S/c1-6-35-21-10-8-7-9-20(21)30-27(31)24-19-13-11-17(2)15-23(19)36-28(24)29-16-18-12-14-22(32-3)26(34-5)25(18)33-4/h7-10,12,14,17,29H,6,11,13,15-16H2,1-5H3,(H,30,31)/t17-/m0/s1. The first-order valence-electron chi connectivity index (χ1n) is 12.2. The Labute approximate surface area is 216 Å². The van der Waals surface area contributed by atoms with Crippen LogP contribution in [0.3, 0.4) is 0 Å². The van der Waals surface area contributed by atoms with Crippen LogP contribution in [0.15, 0.2) is 36.4 Å². The van der Waals surface area contributed by atoms with Gasteiger partial charge in [-0.15, -0.1) is 11.3 Å². The van der Waals surface area contributed by atoms with Gasteiger partial charge in [-0.05, 0) is 61.9 Å². The molecule has 1 aliphatic rings. The molecule has 0 spiro atoms. The van der Waals surface area contributed by atoms with Gasteiger partial charge in [0.15, 0.2) is 11.5 Å². The van der Waals surface area contributed by atoms with E-state index in [2.05, 4.69) is 17.6 Å². The second-order valence-corrected chi connectivity index (χ2v) is 9.89. The Morgan fingerprint density at radius 1 is 1.03 bits per heavy atom. The van der Waals surface area contributed by atoms with Gasteiger partial charge in [-0.3, -0.25) is 4.79 Å². The van der Waals surface area contributed by atoms with E-state index in [9.17, 15) is 4.79 Å². The maximum atomic E-state index is 13.7. The monoisotopic (exact) mass is 510 g/mol. The van der Waals surface area contributed by atoms with Crippen LogP contribution < -0.4 is 29.6 Å². The number of carbonyl (C=O) groups is 1. The fourth-order valence-electron chi connectivity index (χ4n) is 4.63. The molecule has 2 aromatic carbocycles. The van der Waals surface area contributed by atoms with Crippen LogP contribution >= 0.6 is 11.3 Å². The van der Waals surface area contributed by atoms with Crippen molar-refractivity contribution in [2.24, 2.45) is 5.92 Å². The van der Waals surface area contributed by atoms with Crippen molar-refractivity contribution in [3.05, 3.63) is 58.0 Å². The summed E-state index contributed by atoms with van der Waals surface area (Å²) in [6.07, 6.45) is 2.95. The summed E-state index contributed by atoms with van der Waals surface area (Å²) in [5.74, 6) is 2.89. The Morgan fingerprint density at radius 2 is 1.81 bits per heavy atom. The summed E-state index contributed by atoms with van der Waals surface area (Å²) in [4.78, 5) is 14.9. The van der Waals surface area contributed by atoms with Gasteiger partial charge in [0, 0.05) is 17.0 Å². The Kier molecular flexibility index (Phi) is 8.25. The van der Waals surface area contributed by atoms with Crippen LogP contribution in [0.5, 0.6) is 23.0 Å². The zero-order valence-electron chi connectivity index (χ0n) is 21.5. The minimum absolute atomic E-state index is 0.129. The van der Waals surface area contributed by atoms with Crippen LogP contribution in [0, 0.1) is 5.92 Å². The molecular weight excluding hydrogens is 476 g/mol. The molecule has 3 aromatic rings. The van der Waals surface area contributed by atoms with Gasteiger partial charge in [0.05, 0.1) is 39.2 Å². The van der Waals surface area contributed by atoms with Gasteiger partial charge < -0.3 is 29.6 Å². The van der Waals surface area contributed by atoms with Crippen LogP contribution in [-0.2, 0) is 19.4 Å². The minimum atomic E-state index is -0.129. The van der Waals surface area contributed by atoms with Crippen LogP contribution in [0.4, 0.5) is 10.7 Å². The van der Waals surface area contributed by atoms with Gasteiger partial charge in [0.2, 0.25) is 5.75 Å². The summed E-state index contributed by atoms with van der Waals surface area (Å²) < 4.78 is 22.3. The van der Waals surface area contributed by atoms with Gasteiger partial charge in [-0.1, -0.05) is 19.1 Å². The smallest absolute Gasteiger partial charge is 0.259 e. The van der Waals surface area contributed by atoms with Crippen LogP contribution in [0.2, 0.25) is 0 Å². The summed E-state index contributed by atoms with van der Waals surface area (Å²) in [6, 6.07) is 11.3. The highest BCUT2D eigenvalue weighted by Gasteiger charge is 2.28. The van der Waals surface area contributed by atoms with Crippen LogP contribution in [0.1, 0.15) is 46.6 Å². The van der Waals surface area contributed by atoms with E-state index in [1.165, 1.54) is 4.88 Å². The van der Waals surface area contributed by atoms with E-state index < -0.39 is 0 Å². The molecule has 0 fully saturated rings. The second-order valence-electron chi connectivity index (χ2n) is 8.79. The van der Waals surface area contributed by atoms with Gasteiger partial charge >= 0.3 is 0 Å². The number of hydrogen-bond acceptors (Lipinski definition) is 7. The number of thiophene rings is 1. The molecular formula is C28H34N2O5S. The van der Waals surface area contributed by atoms with Crippen molar-refractivity contribution in [1.29, 1.82) is 0 Å². The third-order valence-corrected chi connectivity index (χ3v) is 7.61. The van der Waals surface area contributed by atoms with E-state index in [0.29, 0.717) is 53.3 Å². The van der Waals surface area contributed by atoms with E-state index in [1.807, 2.05) is 43.3 Å². The first-order valence-corrected chi connectivity index (χ1v) is 13.0. The summed E-state index contributed by atoms with van der Waals surface area (Å²) in [7, 11) is 4.80. The molecule has 1 amide bonds. The number of anilines is 2. The molecule has 0 radical (unpaired) electrons. The lowest BCUT2D eigenvalue weighted by atomic mass is 9.88. The summed E-state index contributed by atoms with van der Waals surface area (Å²) in [5.41, 5.74) is 3.43. The molecule has 4 rings (SSSR count). The third kappa shape index (κ3) is 5.23. The zero-order valence-corrected chi connectivity index (χ0v) is 22.3. The summed E-state index contributed by atoms with van der Waals surface area (Å²) in [6.45, 7) is 5.19. The number of methoxy groups -OCH3 is 3. The average molecular weight is 511 g/mol. The topological polar surface area (TPSA) is 78.1 Å². The molecule has 1 aliphatic carbocycles. The van der Waals surface area contributed by atoms with Crippen molar-refractivity contribution < 1.29 is 23.7 Å². The average Bonchev–Trinajstić information content (AvgIpc) is 3.25. The number of amides is 1. The molecule has 36 heavy (non-hydrogen) atoms. The highest BCUT2D eigenvalue weighted by molar-refractivity contribution is 7.16. The molecule has 0 saturated carbocycles. The third-order valence-electron chi connectivity index (χ3n) is 6.40. The molecule has 0 aliphatic heterocycles. The molecule has 0 saturated heterocycles. The van der Waals surface area contributed by atoms with Crippen molar-refractivity contribution in [1.82, 2.24) is 0 Å². The Bertz CT molecular complexity index is 1220. The van der Waals surface area contributed by atoms with Crippen LogP contribution in [-0.4, -0.2) is 33.8 Å². The molecule has 8 heteroatoms. The van der Waals surface area contributed by atoms with Gasteiger partial charge in [0.1, 0.15) is 10.8 Å². The first-order chi connectivity index (χ1) is 17.5. The van der Waals surface area contributed by atoms with E-state index in [0.717, 1.165) is 35.4 Å². The van der Waals surface area contributed by atoms with Gasteiger partial charge in [0.25, 0.3) is 5.91 Å². The fraction of sp³-hybridized carbons (Fsp3) is 0.393. The maximum absolute atomic E-state index is 13.7. The van der Waals surface area contributed by atoms with E-state index in [1.54, 1.807) is 32.7 Å². The Hall–Kier alpha value is -3.39. The Balaban J connectivity index is 1.66. The summed E-state index contributed by atoms with van der Waals surface area (Å²) in [5, 5.41) is 7.48. The molecule has 0 unspecified atom stereocenters. The van der Waals surface area contributed by atoms with E-state index in [4.69, 9.17) is 18.9 Å². The maximum Gasteiger partial charge on any atom is 0.259 e. The van der Waals surface area contributed by atoms with E-state index >= 15 is 0 Å². The number of nitrogens with one attached hydrogen (secondary N) is 2. The SMILES string of the molecule is CCOc1ccccc1NC(=O)c1c(NCc2ccc(OC)c(OC)c2OC)sc2c1CC[C@H](C)C2. The van der Waals surface area contributed by atoms with Crippen molar-refractivity contribution in [2.75, 3.05) is 38.6 Å². The van der Waals surface area contributed by atoms with Gasteiger partial charge in [-0.2, -0.15) is 0 Å². The second kappa shape index (κ2) is 11.6. The quantitative estimate of drug-likeness (QED) is 0.340. The molecule has 192 valence electrons. The molecule has 2 N–H and O–H groups in total. The lowest BCUT2D eigenvalue weighted by Crippen LogP contribution is -2.18. The largest absolute Gasteiger partial charge is 0.493 e. The zero-order chi connectivity index (χ0) is 25.7. The molecule has 1 atom stereocenters. The fourth-order valence-corrected chi connectivity index (χ4v) is 6.03. The lowest BCUT2D eigenvalue weighted by Gasteiger charge is -2.19. The van der Waals surface area contributed by atoms with Crippen molar-refractivity contribution in [3.8, 4) is 23.0 Å². The molecule has 1 heterocycles. The highest BCUT2D eigenvalue weighted by atomic mass is 32.1. The van der Waals surface area contributed by atoms with Crippen LogP contribution in [0.25, 0.3) is 0 Å². The minimum Gasteiger partial charge on any atom is -0.493 e. The van der Waals surface area contributed by atoms with E-state index in [-0.39, 0.29) is 5.91 Å². The first kappa shape index (κ1) is 25.7. The Morgan fingerprint density at radius 3 is 2.53 bits per heavy atom. The molecule has 7 nitrogen and oxygen atoms in total. The lowest BCUT2D eigenvalue weighted by molar-refractivity contribution is 0.102. The number of para-hydroxylation sites is 2. The molecule has 1 aromatic heterocycles. The van der Waals surface area contributed by atoms with Crippen molar-refractivity contribution >= 4 is 27.9 Å². The summed E-state index contributed by atoms with van der Waals surface area (Å²) >= 11 is 1.67.